The molecule has 3 aliphatic heterocycles. The predicted octanol–water partition coefficient (Wildman–Crippen LogP) is -7.43. The Hall–Kier alpha value is -2.79. The number of H-pyrrole nitrogens is 1. The molecule has 324 valence electrons. The van der Waals surface area contributed by atoms with Crippen LogP contribution in [0.15, 0.2) is 11.1 Å². The second kappa shape index (κ2) is 26.9. The highest BCUT2D eigenvalue weighted by Crippen LogP contribution is 2.23. The Morgan fingerprint density at radius 2 is 1.20 bits per heavy atom. The number of urea groups is 1. The van der Waals surface area contributed by atoms with Crippen LogP contribution < -0.4 is 32.8 Å². The van der Waals surface area contributed by atoms with Crippen LogP contribution in [0.5, 0.6) is 0 Å². The van der Waals surface area contributed by atoms with Gasteiger partial charge in [0.1, 0.15) is 30.8 Å². The fourth-order valence-electron chi connectivity index (χ4n) is 3.71. The summed E-state index contributed by atoms with van der Waals surface area (Å²) >= 11 is 0. The van der Waals surface area contributed by atoms with Crippen molar-refractivity contribution in [1.29, 1.82) is 0 Å². The van der Waals surface area contributed by atoms with Gasteiger partial charge in [0.15, 0.2) is 6.23 Å². The molecule has 3 fully saturated rings. The minimum Gasteiger partial charge on any atom is -0.748 e. The third-order valence-corrected chi connectivity index (χ3v) is 5.62. The van der Waals surface area contributed by atoms with Gasteiger partial charge in [-0.25, -0.2) is 34.8 Å². The molecule has 1 aromatic heterocycles. The van der Waals surface area contributed by atoms with Crippen LogP contribution in [0.2, 0.25) is 0 Å². The summed E-state index contributed by atoms with van der Waals surface area (Å²) in [5, 5.41) is 56.1. The molecule has 4 rings (SSSR count). The highest BCUT2D eigenvalue weighted by Gasteiger charge is 2.37. The van der Waals surface area contributed by atoms with Gasteiger partial charge in [-0.15, -0.1) is 0 Å². The number of aromatic amines is 1. The van der Waals surface area contributed by atoms with E-state index in [4.69, 9.17) is 90.7 Å². The summed E-state index contributed by atoms with van der Waals surface area (Å²) in [4.78, 5) is 27.9. The molecular formula is C24H53N7O20S3-2. The van der Waals surface area contributed by atoms with Gasteiger partial charge in [-0.05, 0) is 0 Å². The van der Waals surface area contributed by atoms with E-state index in [1.807, 2.05) is 0 Å². The lowest BCUT2D eigenvalue weighted by molar-refractivity contribution is -0.776. The van der Waals surface area contributed by atoms with Gasteiger partial charge in [-0.1, -0.05) is 19.8 Å². The van der Waals surface area contributed by atoms with Crippen molar-refractivity contribution < 1.29 is 93.1 Å². The number of primary amides is 1. The van der Waals surface area contributed by atoms with Crippen molar-refractivity contribution in [3.05, 3.63) is 16.8 Å². The van der Waals surface area contributed by atoms with Gasteiger partial charge in [0, 0.05) is 38.0 Å². The van der Waals surface area contributed by atoms with Crippen LogP contribution in [0.25, 0.3) is 0 Å². The van der Waals surface area contributed by atoms with Gasteiger partial charge in [0.2, 0.25) is 6.33 Å². The number of ether oxygens (including phenoxy) is 3. The molecule has 4 heterocycles. The van der Waals surface area contributed by atoms with Crippen LogP contribution in [0.1, 0.15) is 40.3 Å². The molecule has 14 N–H and O–H groups in total. The number of nitrogen functional groups attached to an aromatic ring is 1. The first-order valence-corrected chi connectivity index (χ1v) is 19.6. The molecule has 3 unspecified atom stereocenters. The molecule has 1 aromatic rings. The standard InChI is InChI=1S/C8H12N4O4.C6H12N2O4.C5H11NO3.3CH4O3S.2CH4/c9-7-10-3-12(8(15)11-7)6-1-4(14)5(2-13)16-6;7-6(11)8-5-1-3(10)4(2-9)12-5;6-5-1-3(8)4(2-7)9-5;3*1-5(2,3)4;;/h3-6,13-14H,1-2H2,(H2,9,11,15);3-5,9-10H,1-2H2,(H3,7,8,11);3-5,7-8H,1-2,6H2;3*1H3,(H,2,3,4);2*1H4/p-2/t4?,5-,6-;2*3?,4-,5-;;;;;/m111...../s1. The average Bonchev–Trinajstić information content (AvgIpc) is 3.60. The molecule has 2 amide bonds. The van der Waals surface area contributed by atoms with Crippen LogP contribution in [0.3, 0.4) is 0 Å². The van der Waals surface area contributed by atoms with Crippen molar-refractivity contribution in [3.63, 3.8) is 0 Å². The molecule has 0 saturated carbocycles. The minimum atomic E-state index is -3.92. The Bertz CT molecular complexity index is 1490. The maximum absolute atomic E-state index is 11.5. The van der Waals surface area contributed by atoms with Gasteiger partial charge in [-0.3, -0.25) is 0 Å². The van der Waals surface area contributed by atoms with Gasteiger partial charge >= 0.3 is 17.7 Å². The van der Waals surface area contributed by atoms with E-state index in [2.05, 4.69) is 15.3 Å². The number of amides is 2. The van der Waals surface area contributed by atoms with Gasteiger partial charge in [-0.2, -0.15) is 9.55 Å². The highest BCUT2D eigenvalue weighted by atomic mass is 32.2. The Kier molecular flexibility index (Phi) is 28.9. The van der Waals surface area contributed by atoms with E-state index in [-0.39, 0.29) is 53.5 Å². The summed E-state index contributed by atoms with van der Waals surface area (Å²) in [6, 6.07) is -0.703. The maximum atomic E-state index is 11.5. The summed E-state index contributed by atoms with van der Waals surface area (Å²) in [6.07, 6.45) is -1.56. The summed E-state index contributed by atoms with van der Waals surface area (Å²) in [6.45, 7) is -0.717. The summed E-state index contributed by atoms with van der Waals surface area (Å²) in [5.74, 6) is 0.0125. The zero-order chi connectivity index (χ0) is 41.2. The molecular weight excluding hydrogens is 802 g/mol. The zero-order valence-corrected chi connectivity index (χ0v) is 30.2. The molecule has 9 atom stereocenters. The van der Waals surface area contributed by atoms with Gasteiger partial charge in [0.05, 0.1) is 68.5 Å². The lowest BCUT2D eigenvalue weighted by Gasteiger charge is -2.11. The van der Waals surface area contributed by atoms with Crippen LogP contribution in [0.4, 0.5) is 10.7 Å². The van der Waals surface area contributed by atoms with E-state index in [1.54, 1.807) is 0 Å². The van der Waals surface area contributed by atoms with E-state index in [1.165, 1.54) is 10.9 Å². The lowest BCUT2D eigenvalue weighted by Crippen LogP contribution is -2.55. The largest absolute Gasteiger partial charge is 0.748 e. The SMILES string of the molecule is C.C.CS(=O)(=O)[O-].CS(=O)(=O)[O-].CS(=O)(=O)[O-].NC(=O)N[C@H]1CC(O)[C@@H](CO)O1.N[C@H]1CC(O)[C@@H](CO)O1.Nc1nc[n+]([C@H]2CC(O)[C@@H](CO)O2)c(=O)[nH]1. The molecule has 27 nitrogen and oxygen atoms in total. The first-order chi connectivity index (χ1) is 23.5. The summed E-state index contributed by atoms with van der Waals surface area (Å²) < 4.78 is 98.1. The van der Waals surface area contributed by atoms with Crippen molar-refractivity contribution in [2.24, 2.45) is 11.5 Å². The van der Waals surface area contributed by atoms with Crippen molar-refractivity contribution in [2.45, 2.75) is 89.4 Å². The number of hydrogen-bond acceptors (Lipinski definition) is 23. The second-order valence-electron chi connectivity index (χ2n) is 10.6. The number of aliphatic hydroxyl groups is 6. The van der Waals surface area contributed by atoms with E-state index in [0.717, 1.165) is 0 Å². The molecule has 0 aromatic carbocycles. The van der Waals surface area contributed by atoms with Crippen LogP contribution in [-0.2, 0) is 44.6 Å². The highest BCUT2D eigenvalue weighted by molar-refractivity contribution is 7.85. The quantitative estimate of drug-likeness (QED) is 0.0968. The zero-order valence-electron chi connectivity index (χ0n) is 27.8. The molecule has 54 heavy (non-hydrogen) atoms. The third-order valence-electron chi connectivity index (χ3n) is 5.62. The fraction of sp³-hybridized carbons (Fsp3) is 0.833. The van der Waals surface area contributed by atoms with E-state index in [9.17, 15) is 19.8 Å². The molecule has 0 spiro atoms. The van der Waals surface area contributed by atoms with Crippen molar-refractivity contribution in [1.82, 2.24) is 15.3 Å². The first-order valence-electron chi connectivity index (χ1n) is 14.1. The number of aliphatic hydroxyl groups excluding tert-OH is 6. The summed E-state index contributed by atoms with van der Waals surface area (Å²) in [5.41, 5.74) is 15.0. The van der Waals surface area contributed by atoms with E-state index in [0.29, 0.717) is 25.2 Å². The van der Waals surface area contributed by atoms with Crippen molar-refractivity contribution in [3.8, 4) is 0 Å². The fourth-order valence-corrected chi connectivity index (χ4v) is 3.71. The number of anilines is 1. The van der Waals surface area contributed by atoms with Crippen molar-refractivity contribution in [2.75, 3.05) is 44.3 Å². The second-order valence-corrected chi connectivity index (χ2v) is 14.8. The lowest BCUT2D eigenvalue weighted by atomic mass is 10.2. The number of nitrogens with one attached hydrogen (secondary N) is 2. The Morgan fingerprint density at radius 1 is 0.833 bits per heavy atom. The smallest absolute Gasteiger partial charge is 0.446 e. The molecule has 3 aliphatic rings. The molecule has 0 bridgehead atoms. The van der Waals surface area contributed by atoms with Gasteiger partial charge < -0.3 is 81.0 Å². The number of nitrogens with two attached hydrogens (primary N) is 3. The number of rotatable bonds is 5. The average molecular weight is 856 g/mol. The third kappa shape index (κ3) is 31.5. The number of nitrogens with zero attached hydrogens (tertiary/aromatic N) is 2. The number of carbonyl (C=O) groups excluding carboxylic acids is 1. The Morgan fingerprint density at radius 3 is 1.50 bits per heavy atom. The minimum absolute atomic E-state index is 0. The summed E-state index contributed by atoms with van der Waals surface area (Å²) in [7, 11) is -11.8. The normalized spacial score (nSPS) is 27.0. The number of aromatic nitrogens is 3. The Labute approximate surface area is 312 Å². The monoisotopic (exact) mass is 855 g/mol. The Balaban J connectivity index is -0.000000294. The topological polar surface area (TPSA) is 477 Å². The molecule has 0 aliphatic carbocycles. The molecule has 0 radical (unpaired) electrons. The predicted molar refractivity (Wildman–Crippen MR) is 181 cm³/mol. The molecule has 3 saturated heterocycles. The van der Waals surface area contributed by atoms with E-state index < -0.39 is 97.4 Å². The van der Waals surface area contributed by atoms with Crippen LogP contribution in [0, 0.1) is 0 Å². The number of carbonyl (C=O) groups is 1. The van der Waals surface area contributed by atoms with Crippen LogP contribution >= 0.6 is 0 Å². The van der Waals surface area contributed by atoms with Gasteiger partial charge in [0.25, 0.3) is 0 Å². The molecule has 30 heteroatoms. The number of hydrogen-bond donors (Lipinski definition) is 11. The van der Waals surface area contributed by atoms with Crippen LogP contribution in [-0.4, -0.2) is 173 Å². The van der Waals surface area contributed by atoms with Crippen molar-refractivity contribution >= 4 is 42.3 Å². The maximum Gasteiger partial charge on any atom is 0.446 e. The first kappa shape index (κ1) is 57.9. The van der Waals surface area contributed by atoms with E-state index >= 15 is 0 Å².